The fourth-order valence-electron chi connectivity index (χ4n) is 7.24. The summed E-state index contributed by atoms with van der Waals surface area (Å²) in [5.41, 5.74) is 7.38. The number of imidazole rings is 1. The SMILES string of the molecule is CC(C)(C)c1ccnc(-n2c3[c-]c(Oc4[c-]c(-n5[c-][n+](-c6ccccc6)c6c7[se]c8ccccc8c7ccc65)ccc4)ccc3c3ccccc32)c1.[Pt]. The molecule has 6 aromatic carbocycles. The molecule has 10 rings (SSSR count). The van der Waals surface area contributed by atoms with Crippen LogP contribution >= 0.6 is 0 Å². The standard InChI is InChI=1S/C46H32N4OSe.Pt/c1-46(2,3)30-24-25-47-43(26-30)50-39-18-9-7-16-35(39)36-21-20-34(28-41(36)50)51-33-15-11-14-32(27-33)48-29-49(31-12-5-4-6-13-31)44-40(48)23-22-38-37-17-8-10-19-42(37)52-45(38)44;/h4-26H,1-3H3;/q-2;. The van der Waals surface area contributed by atoms with Crippen LogP contribution in [0.3, 0.4) is 0 Å². The number of hydrogen-bond donors (Lipinski definition) is 0. The van der Waals surface area contributed by atoms with E-state index in [2.05, 4.69) is 168 Å². The molecule has 53 heavy (non-hydrogen) atoms. The Morgan fingerprint density at radius 1 is 0.679 bits per heavy atom. The van der Waals surface area contributed by atoms with E-state index in [0.29, 0.717) is 11.5 Å². The normalized spacial score (nSPS) is 11.9. The predicted molar refractivity (Wildman–Crippen MR) is 211 cm³/mol. The molecule has 0 amide bonds. The Bertz CT molecular complexity index is 2990. The number of rotatable bonds is 5. The summed E-state index contributed by atoms with van der Waals surface area (Å²) in [5.74, 6) is 2.07. The van der Waals surface area contributed by atoms with Crippen molar-refractivity contribution >= 4 is 66.6 Å². The van der Waals surface area contributed by atoms with Gasteiger partial charge in [0, 0.05) is 32.8 Å². The van der Waals surface area contributed by atoms with E-state index in [1.807, 2.05) is 24.4 Å². The molecule has 0 aliphatic carbocycles. The van der Waals surface area contributed by atoms with E-state index in [1.54, 1.807) is 0 Å². The third-order valence-electron chi connectivity index (χ3n) is 9.79. The van der Waals surface area contributed by atoms with Crippen molar-refractivity contribution in [2.75, 3.05) is 0 Å². The molecule has 0 saturated carbocycles. The van der Waals surface area contributed by atoms with E-state index in [0.717, 1.165) is 44.5 Å². The topological polar surface area (TPSA) is 35.9 Å². The summed E-state index contributed by atoms with van der Waals surface area (Å²) >= 11 is 0.178. The van der Waals surface area contributed by atoms with Crippen molar-refractivity contribution in [1.29, 1.82) is 0 Å². The zero-order valence-electron chi connectivity index (χ0n) is 29.2. The predicted octanol–water partition coefficient (Wildman–Crippen LogP) is 10.3. The Kier molecular flexibility index (Phi) is 8.24. The van der Waals surface area contributed by atoms with Gasteiger partial charge in [-0.2, -0.15) is 0 Å². The van der Waals surface area contributed by atoms with Crippen molar-refractivity contribution in [1.82, 2.24) is 14.1 Å². The van der Waals surface area contributed by atoms with Gasteiger partial charge in [0.15, 0.2) is 0 Å². The maximum atomic E-state index is 6.56. The van der Waals surface area contributed by atoms with Crippen LogP contribution in [0.2, 0.25) is 0 Å². The third-order valence-corrected chi connectivity index (χ3v) is 12.3. The minimum atomic E-state index is -0.00988. The smallest absolute Gasteiger partial charge is 0.0645 e. The Morgan fingerprint density at radius 2 is 1.43 bits per heavy atom. The monoisotopic (exact) mass is 931 g/mol. The molecular formula is C46H32N4OPtSe-2. The summed E-state index contributed by atoms with van der Waals surface area (Å²) in [7, 11) is 0. The van der Waals surface area contributed by atoms with Gasteiger partial charge >= 0.3 is 213 Å². The summed E-state index contributed by atoms with van der Waals surface area (Å²) in [6, 6.07) is 53.7. The van der Waals surface area contributed by atoms with Crippen molar-refractivity contribution in [3.63, 3.8) is 0 Å². The number of pyridine rings is 1. The van der Waals surface area contributed by atoms with Crippen LogP contribution in [0.25, 0.3) is 69.3 Å². The van der Waals surface area contributed by atoms with E-state index >= 15 is 0 Å². The van der Waals surface area contributed by atoms with E-state index in [9.17, 15) is 0 Å². The fourth-order valence-corrected chi connectivity index (χ4v) is 9.83. The van der Waals surface area contributed by atoms with Crippen molar-refractivity contribution < 1.29 is 30.4 Å². The molecule has 0 fully saturated rings. The van der Waals surface area contributed by atoms with Crippen LogP contribution in [0, 0.1) is 18.5 Å². The number of benzene rings is 6. The molecule has 0 aliphatic heterocycles. The van der Waals surface area contributed by atoms with Gasteiger partial charge in [-0.05, 0) is 34.6 Å². The number of nitrogens with zero attached hydrogens (tertiary/aromatic N) is 4. The molecule has 260 valence electrons. The average Bonchev–Trinajstić information content (AvgIpc) is 3.85. The molecule has 0 radical (unpaired) electrons. The first kappa shape index (κ1) is 33.6. The molecule has 4 aromatic heterocycles. The van der Waals surface area contributed by atoms with Gasteiger partial charge < -0.3 is 0 Å². The number of ether oxygens (including phenoxy) is 1. The zero-order chi connectivity index (χ0) is 35.0. The number of fused-ring (bicyclic) bond motifs is 8. The van der Waals surface area contributed by atoms with Crippen LogP contribution in [0.1, 0.15) is 26.3 Å². The third kappa shape index (κ3) is 5.65. The van der Waals surface area contributed by atoms with Crippen LogP contribution in [-0.2, 0) is 26.5 Å². The number of aromatic nitrogens is 4. The second kappa shape index (κ2) is 13.0. The van der Waals surface area contributed by atoms with E-state index in [-0.39, 0.29) is 41.0 Å². The summed E-state index contributed by atoms with van der Waals surface area (Å²) in [4.78, 5) is 4.83. The summed E-state index contributed by atoms with van der Waals surface area (Å²) in [6.45, 7) is 6.67. The second-order valence-corrected chi connectivity index (χ2v) is 16.3. The fraction of sp³-hybridized carbons (Fsp3) is 0.0870. The Labute approximate surface area is 327 Å². The van der Waals surface area contributed by atoms with Gasteiger partial charge in [-0.3, -0.25) is 0 Å². The Morgan fingerprint density at radius 3 is 2.28 bits per heavy atom. The molecular weight excluding hydrogens is 899 g/mol. The minimum absolute atomic E-state index is 0. The molecule has 0 aliphatic rings. The van der Waals surface area contributed by atoms with E-state index < -0.39 is 0 Å². The van der Waals surface area contributed by atoms with E-state index in [4.69, 9.17) is 9.72 Å². The van der Waals surface area contributed by atoms with Gasteiger partial charge in [0.05, 0.1) is 0 Å². The van der Waals surface area contributed by atoms with Crippen LogP contribution in [0.5, 0.6) is 11.5 Å². The molecule has 5 nitrogen and oxygen atoms in total. The van der Waals surface area contributed by atoms with Gasteiger partial charge in [0.1, 0.15) is 5.82 Å². The quantitative estimate of drug-likeness (QED) is 0.0980. The molecule has 0 atom stereocenters. The second-order valence-electron chi connectivity index (χ2n) is 14.1. The summed E-state index contributed by atoms with van der Waals surface area (Å²) < 4.78 is 15.8. The van der Waals surface area contributed by atoms with Crippen LogP contribution < -0.4 is 9.30 Å². The van der Waals surface area contributed by atoms with Crippen LogP contribution in [0.15, 0.2) is 140 Å². The first-order valence-corrected chi connectivity index (χ1v) is 19.1. The maximum absolute atomic E-state index is 6.56. The Balaban J connectivity index is 0.00000372. The molecule has 0 N–H and O–H groups in total. The number of hydrogen-bond acceptors (Lipinski definition) is 2. The Hall–Kier alpha value is -5.25. The molecule has 10 aromatic rings. The van der Waals surface area contributed by atoms with Crippen LogP contribution in [0.4, 0.5) is 0 Å². The van der Waals surface area contributed by atoms with Crippen LogP contribution in [-0.4, -0.2) is 28.6 Å². The first-order valence-electron chi connectivity index (χ1n) is 17.4. The molecule has 0 saturated heterocycles. The number of para-hydroxylation sites is 2. The average molecular weight is 931 g/mol. The van der Waals surface area contributed by atoms with Crippen molar-refractivity contribution in [2.45, 2.75) is 26.2 Å². The van der Waals surface area contributed by atoms with Gasteiger partial charge in [0.2, 0.25) is 0 Å². The van der Waals surface area contributed by atoms with Gasteiger partial charge in [-0.15, -0.1) is 0 Å². The van der Waals surface area contributed by atoms with Gasteiger partial charge in [-0.25, -0.2) is 4.98 Å². The summed E-state index contributed by atoms with van der Waals surface area (Å²) in [5, 5.41) is 4.88. The van der Waals surface area contributed by atoms with Crippen molar-refractivity contribution in [3.8, 4) is 28.7 Å². The van der Waals surface area contributed by atoms with Crippen molar-refractivity contribution in [2.24, 2.45) is 0 Å². The molecule has 0 unspecified atom stereocenters. The molecule has 7 heteroatoms. The minimum Gasteiger partial charge on any atom is -0.0645 e. The first-order chi connectivity index (χ1) is 25.4. The van der Waals surface area contributed by atoms with Crippen molar-refractivity contribution in [3.05, 3.63) is 164 Å². The zero-order valence-corrected chi connectivity index (χ0v) is 33.2. The molecule has 0 bridgehead atoms. The summed E-state index contributed by atoms with van der Waals surface area (Å²) in [6.07, 6.45) is 5.59. The van der Waals surface area contributed by atoms with E-state index in [1.165, 1.54) is 30.4 Å². The van der Waals surface area contributed by atoms with Gasteiger partial charge in [0.25, 0.3) is 0 Å². The van der Waals surface area contributed by atoms with Gasteiger partial charge in [-0.1, -0.05) is 39.0 Å². The molecule has 0 spiro atoms. The molecule has 4 heterocycles.